The lowest BCUT2D eigenvalue weighted by Crippen LogP contribution is -2.14. The third kappa shape index (κ3) is 4.37. The van der Waals surface area contributed by atoms with Gasteiger partial charge in [0.25, 0.3) is 0 Å². The molecule has 0 saturated heterocycles. The van der Waals surface area contributed by atoms with E-state index in [1.807, 2.05) is 48.5 Å². The lowest BCUT2D eigenvalue weighted by molar-refractivity contribution is -0.142. The number of tetrazole rings is 1. The van der Waals surface area contributed by atoms with Gasteiger partial charge in [0.05, 0.1) is 0 Å². The van der Waals surface area contributed by atoms with Crippen LogP contribution in [-0.4, -0.2) is 30.6 Å². The van der Waals surface area contributed by atoms with Crippen LogP contribution in [0.25, 0.3) is 22.5 Å². The number of aryl methyl sites for hydroxylation is 1. The van der Waals surface area contributed by atoms with Crippen LogP contribution in [0, 0.1) is 13.8 Å². The molecule has 0 aliphatic rings. The Morgan fingerprint density at radius 3 is 2.29 bits per heavy atom. The van der Waals surface area contributed by atoms with Crippen LogP contribution in [-0.2, 0) is 12.8 Å². The second kappa shape index (κ2) is 8.13. The Morgan fingerprint density at radius 2 is 1.65 bits per heavy atom. The highest BCUT2D eigenvalue weighted by Gasteiger charge is 2.36. The Bertz CT molecular complexity index is 1190. The summed E-state index contributed by atoms with van der Waals surface area (Å²) in [6.45, 7) is 2.77. The molecule has 0 amide bonds. The highest BCUT2D eigenvalue weighted by atomic mass is 19.4. The van der Waals surface area contributed by atoms with Crippen LogP contribution in [0.3, 0.4) is 0 Å². The van der Waals surface area contributed by atoms with E-state index in [-0.39, 0.29) is 23.9 Å². The quantitative estimate of drug-likeness (QED) is 0.504. The number of hydrogen-bond acceptors (Lipinski definition) is 6. The van der Waals surface area contributed by atoms with E-state index in [0.29, 0.717) is 5.82 Å². The summed E-state index contributed by atoms with van der Waals surface area (Å²) in [6, 6.07) is 15.2. The molecule has 2 aromatic carbocycles. The fraction of sp³-hybridized carbons (Fsp3) is 0.190. The van der Waals surface area contributed by atoms with Gasteiger partial charge < -0.3 is 4.74 Å². The molecule has 31 heavy (non-hydrogen) atoms. The highest BCUT2D eigenvalue weighted by Crippen LogP contribution is 2.34. The lowest BCUT2D eigenvalue weighted by Gasteiger charge is -2.14. The molecular weight excluding hydrogens is 409 g/mol. The summed E-state index contributed by atoms with van der Waals surface area (Å²) >= 11 is 0. The minimum Gasteiger partial charge on any atom is -0.473 e. The number of ether oxygens (including phenoxy) is 1. The van der Waals surface area contributed by atoms with Gasteiger partial charge in [0.15, 0.2) is 11.5 Å². The van der Waals surface area contributed by atoms with E-state index in [1.165, 1.54) is 13.8 Å². The predicted octanol–water partition coefficient (Wildman–Crippen LogP) is 4.54. The van der Waals surface area contributed by atoms with Crippen LogP contribution >= 0.6 is 0 Å². The molecule has 2 heterocycles. The van der Waals surface area contributed by atoms with E-state index in [0.717, 1.165) is 22.3 Å². The third-order valence-corrected chi connectivity index (χ3v) is 4.65. The van der Waals surface area contributed by atoms with Crippen molar-refractivity contribution < 1.29 is 17.9 Å². The van der Waals surface area contributed by atoms with E-state index in [9.17, 15) is 13.2 Å². The van der Waals surface area contributed by atoms with Crippen molar-refractivity contribution in [3.05, 3.63) is 71.2 Å². The summed E-state index contributed by atoms with van der Waals surface area (Å²) in [5.74, 6) is 0.479. The van der Waals surface area contributed by atoms with Gasteiger partial charge in [0.2, 0.25) is 5.88 Å². The molecule has 0 atom stereocenters. The van der Waals surface area contributed by atoms with E-state index in [4.69, 9.17) is 4.74 Å². The second-order valence-corrected chi connectivity index (χ2v) is 6.83. The molecule has 4 aromatic rings. The van der Waals surface area contributed by atoms with Crippen LogP contribution in [0.4, 0.5) is 13.2 Å². The number of aromatic nitrogens is 6. The van der Waals surface area contributed by atoms with Gasteiger partial charge in [0.1, 0.15) is 12.4 Å². The zero-order valence-electron chi connectivity index (χ0n) is 16.6. The van der Waals surface area contributed by atoms with Crippen molar-refractivity contribution in [1.82, 2.24) is 30.6 Å². The van der Waals surface area contributed by atoms with Crippen LogP contribution in [0.2, 0.25) is 0 Å². The average molecular weight is 426 g/mol. The molecular formula is C21H17F3N6O. The lowest BCUT2D eigenvalue weighted by atomic mass is 9.98. The van der Waals surface area contributed by atoms with Crippen LogP contribution in [0.5, 0.6) is 5.88 Å². The first-order chi connectivity index (χ1) is 14.8. The van der Waals surface area contributed by atoms with Crippen LogP contribution < -0.4 is 4.74 Å². The topological polar surface area (TPSA) is 89.5 Å². The molecule has 0 spiro atoms. The minimum absolute atomic E-state index is 0.00165. The number of benzene rings is 2. The largest absolute Gasteiger partial charge is 0.473 e. The monoisotopic (exact) mass is 426 g/mol. The number of aromatic amines is 1. The second-order valence-electron chi connectivity index (χ2n) is 6.83. The van der Waals surface area contributed by atoms with Crippen LogP contribution in [0.1, 0.15) is 22.6 Å². The summed E-state index contributed by atoms with van der Waals surface area (Å²) in [5, 5.41) is 14.0. The summed E-state index contributed by atoms with van der Waals surface area (Å²) < 4.78 is 45.0. The molecule has 0 aliphatic heterocycles. The van der Waals surface area contributed by atoms with Gasteiger partial charge in [-0.1, -0.05) is 48.5 Å². The molecule has 158 valence electrons. The van der Waals surface area contributed by atoms with E-state index in [2.05, 4.69) is 30.6 Å². The molecule has 1 N–H and O–H groups in total. The number of alkyl halides is 3. The number of nitrogens with one attached hydrogen (secondary N) is 1. The standard InChI is InChI=1S/C21H17F3N6O/c1-12-18(21(22,23)24)25-13(2)26-20(12)31-11-14-7-9-15(10-8-14)16-5-3-4-6-17(16)19-27-29-30-28-19/h3-10H,11H2,1-2H3,(H,27,28,29,30). The maximum absolute atomic E-state index is 13.2. The summed E-state index contributed by atoms with van der Waals surface area (Å²) in [7, 11) is 0. The van der Waals surface area contributed by atoms with Gasteiger partial charge in [-0.15, -0.1) is 5.10 Å². The molecule has 0 bridgehead atoms. The first-order valence-corrected chi connectivity index (χ1v) is 9.30. The summed E-state index contributed by atoms with van der Waals surface area (Å²) in [6.07, 6.45) is -4.57. The molecule has 0 radical (unpaired) electrons. The Labute approximate surface area is 175 Å². The molecule has 0 aliphatic carbocycles. The smallest absolute Gasteiger partial charge is 0.433 e. The van der Waals surface area contributed by atoms with Crippen molar-refractivity contribution in [2.45, 2.75) is 26.6 Å². The normalized spacial score (nSPS) is 11.5. The van der Waals surface area contributed by atoms with Gasteiger partial charge >= 0.3 is 6.18 Å². The maximum atomic E-state index is 13.2. The maximum Gasteiger partial charge on any atom is 0.433 e. The Kier molecular flexibility index (Phi) is 5.37. The molecule has 2 aromatic heterocycles. The fourth-order valence-corrected chi connectivity index (χ4v) is 3.17. The Balaban J connectivity index is 1.55. The van der Waals surface area contributed by atoms with Crippen LogP contribution in [0.15, 0.2) is 48.5 Å². The van der Waals surface area contributed by atoms with Crippen molar-refractivity contribution in [2.75, 3.05) is 0 Å². The van der Waals surface area contributed by atoms with Gasteiger partial charge in [-0.05, 0) is 41.0 Å². The minimum atomic E-state index is -4.57. The third-order valence-electron chi connectivity index (χ3n) is 4.65. The number of rotatable bonds is 5. The predicted molar refractivity (Wildman–Crippen MR) is 106 cm³/mol. The molecule has 10 heteroatoms. The van der Waals surface area contributed by atoms with Crippen molar-refractivity contribution in [3.63, 3.8) is 0 Å². The fourth-order valence-electron chi connectivity index (χ4n) is 3.17. The van der Waals surface area contributed by atoms with Gasteiger partial charge in [0, 0.05) is 11.1 Å². The molecule has 0 saturated carbocycles. The number of halogens is 3. The van der Waals surface area contributed by atoms with Crippen molar-refractivity contribution in [1.29, 1.82) is 0 Å². The van der Waals surface area contributed by atoms with Crippen molar-refractivity contribution in [3.8, 4) is 28.4 Å². The number of nitrogens with zero attached hydrogens (tertiary/aromatic N) is 5. The zero-order chi connectivity index (χ0) is 22.0. The van der Waals surface area contributed by atoms with Crippen molar-refractivity contribution >= 4 is 0 Å². The molecule has 7 nitrogen and oxygen atoms in total. The van der Waals surface area contributed by atoms with E-state index in [1.54, 1.807) is 0 Å². The molecule has 4 rings (SSSR count). The van der Waals surface area contributed by atoms with Crippen molar-refractivity contribution in [2.24, 2.45) is 0 Å². The summed E-state index contributed by atoms with van der Waals surface area (Å²) in [5.41, 5.74) is 2.39. The Morgan fingerprint density at radius 1 is 0.935 bits per heavy atom. The molecule has 0 unspecified atom stereocenters. The number of H-pyrrole nitrogens is 1. The SMILES string of the molecule is Cc1nc(OCc2ccc(-c3ccccc3-c3nnn[nH]3)cc2)c(C)c(C(F)(F)F)n1. The highest BCUT2D eigenvalue weighted by molar-refractivity contribution is 5.80. The summed E-state index contributed by atoms with van der Waals surface area (Å²) in [4.78, 5) is 7.51. The zero-order valence-corrected chi connectivity index (χ0v) is 16.6. The van der Waals surface area contributed by atoms with E-state index < -0.39 is 11.9 Å². The van der Waals surface area contributed by atoms with E-state index >= 15 is 0 Å². The van der Waals surface area contributed by atoms with Gasteiger partial charge in [-0.3, -0.25) is 0 Å². The first-order valence-electron chi connectivity index (χ1n) is 9.30. The van der Waals surface area contributed by atoms with Gasteiger partial charge in [-0.25, -0.2) is 10.1 Å². The number of hydrogen-bond donors (Lipinski definition) is 1. The van der Waals surface area contributed by atoms with Gasteiger partial charge in [-0.2, -0.15) is 18.2 Å². The average Bonchev–Trinajstić information content (AvgIpc) is 3.28. The molecule has 0 fully saturated rings. The first kappa shape index (κ1) is 20.5. The Hall–Kier alpha value is -3.82.